The number of unbranched alkanes of at least 4 members (excludes halogenated alkanes) is 3. The summed E-state index contributed by atoms with van der Waals surface area (Å²) in [6.07, 6.45) is 6.56. The molecule has 0 unspecified atom stereocenters. The standard InChI is InChI=1S/C13H19Br/c1-3-4-5-6-7-12-10-11(2)8-9-13(12)14/h8-10H,3-7H2,1-2H3. The second-order valence-corrected chi connectivity index (χ2v) is 4.76. The second kappa shape index (κ2) is 6.23. The van der Waals surface area contributed by atoms with Gasteiger partial charge in [-0.2, -0.15) is 0 Å². The first-order chi connectivity index (χ1) is 6.74. The average molecular weight is 255 g/mol. The molecule has 0 aromatic heterocycles. The van der Waals surface area contributed by atoms with Crippen LogP contribution in [0.1, 0.15) is 43.7 Å². The maximum atomic E-state index is 3.60. The molecule has 0 saturated heterocycles. The molecule has 0 N–H and O–H groups in total. The summed E-state index contributed by atoms with van der Waals surface area (Å²) in [5, 5.41) is 0. The monoisotopic (exact) mass is 254 g/mol. The van der Waals surface area contributed by atoms with Gasteiger partial charge in [0.25, 0.3) is 0 Å². The van der Waals surface area contributed by atoms with Crippen LogP contribution in [-0.4, -0.2) is 0 Å². The summed E-state index contributed by atoms with van der Waals surface area (Å²) in [5.74, 6) is 0. The van der Waals surface area contributed by atoms with Crippen molar-refractivity contribution in [3.8, 4) is 0 Å². The Kier molecular flexibility index (Phi) is 5.24. The molecule has 0 saturated carbocycles. The van der Waals surface area contributed by atoms with E-state index in [1.807, 2.05) is 0 Å². The molecule has 0 amide bonds. The maximum Gasteiger partial charge on any atom is 0.0207 e. The summed E-state index contributed by atoms with van der Waals surface area (Å²) in [6, 6.07) is 6.60. The Labute approximate surface area is 95.9 Å². The van der Waals surface area contributed by atoms with Gasteiger partial charge in [0.15, 0.2) is 0 Å². The lowest BCUT2D eigenvalue weighted by atomic mass is 10.0. The van der Waals surface area contributed by atoms with Crippen LogP contribution in [0, 0.1) is 6.92 Å². The van der Waals surface area contributed by atoms with Gasteiger partial charge in [-0.05, 0) is 31.4 Å². The predicted octanol–water partition coefficient (Wildman–Crippen LogP) is 4.88. The first-order valence-corrected chi connectivity index (χ1v) is 6.28. The number of rotatable bonds is 5. The van der Waals surface area contributed by atoms with Gasteiger partial charge in [0.2, 0.25) is 0 Å². The van der Waals surface area contributed by atoms with E-state index in [2.05, 4.69) is 48.0 Å². The largest absolute Gasteiger partial charge is 0.0654 e. The van der Waals surface area contributed by atoms with Crippen molar-refractivity contribution in [3.63, 3.8) is 0 Å². The highest BCUT2D eigenvalue weighted by Crippen LogP contribution is 2.20. The molecule has 0 nitrogen and oxygen atoms in total. The Morgan fingerprint density at radius 2 is 1.93 bits per heavy atom. The fraction of sp³-hybridized carbons (Fsp3) is 0.538. The molecule has 1 rings (SSSR count). The maximum absolute atomic E-state index is 3.60. The van der Waals surface area contributed by atoms with Crippen LogP contribution in [0.4, 0.5) is 0 Å². The van der Waals surface area contributed by atoms with Crippen LogP contribution >= 0.6 is 15.9 Å². The Morgan fingerprint density at radius 3 is 2.64 bits per heavy atom. The van der Waals surface area contributed by atoms with Gasteiger partial charge in [-0.1, -0.05) is 59.8 Å². The lowest BCUT2D eigenvalue weighted by Crippen LogP contribution is -1.88. The quantitative estimate of drug-likeness (QED) is 0.658. The lowest BCUT2D eigenvalue weighted by molar-refractivity contribution is 0.666. The van der Waals surface area contributed by atoms with Gasteiger partial charge in [0.05, 0.1) is 0 Å². The van der Waals surface area contributed by atoms with Crippen molar-refractivity contribution in [2.75, 3.05) is 0 Å². The summed E-state index contributed by atoms with van der Waals surface area (Å²) >= 11 is 3.60. The minimum atomic E-state index is 1.21. The highest BCUT2D eigenvalue weighted by molar-refractivity contribution is 9.10. The molecule has 0 aliphatic carbocycles. The van der Waals surface area contributed by atoms with E-state index in [1.54, 1.807) is 0 Å². The number of hydrogen-bond acceptors (Lipinski definition) is 0. The number of aryl methyl sites for hydroxylation is 2. The van der Waals surface area contributed by atoms with E-state index < -0.39 is 0 Å². The highest BCUT2D eigenvalue weighted by atomic mass is 79.9. The first kappa shape index (κ1) is 11.8. The minimum absolute atomic E-state index is 1.21. The Morgan fingerprint density at radius 1 is 1.14 bits per heavy atom. The Hall–Kier alpha value is -0.300. The molecule has 0 fully saturated rings. The minimum Gasteiger partial charge on any atom is -0.0654 e. The molecule has 0 aliphatic rings. The number of hydrogen-bond donors (Lipinski definition) is 0. The molecule has 1 aromatic rings. The molecule has 0 atom stereocenters. The SMILES string of the molecule is CCCCCCc1cc(C)ccc1Br. The van der Waals surface area contributed by atoms with E-state index in [-0.39, 0.29) is 0 Å². The third-order valence-electron chi connectivity index (χ3n) is 2.50. The topological polar surface area (TPSA) is 0 Å². The molecule has 14 heavy (non-hydrogen) atoms. The van der Waals surface area contributed by atoms with Crippen LogP contribution in [0.5, 0.6) is 0 Å². The molecule has 0 bridgehead atoms. The average Bonchev–Trinajstić information content (AvgIpc) is 2.18. The Bertz CT molecular complexity index is 279. The normalized spacial score (nSPS) is 10.5. The second-order valence-electron chi connectivity index (χ2n) is 3.91. The third-order valence-corrected chi connectivity index (χ3v) is 3.27. The van der Waals surface area contributed by atoms with Gasteiger partial charge in [-0.25, -0.2) is 0 Å². The van der Waals surface area contributed by atoms with E-state index in [0.717, 1.165) is 0 Å². The van der Waals surface area contributed by atoms with Crippen molar-refractivity contribution in [2.24, 2.45) is 0 Å². The van der Waals surface area contributed by atoms with Crippen LogP contribution < -0.4 is 0 Å². The molecular weight excluding hydrogens is 236 g/mol. The smallest absolute Gasteiger partial charge is 0.0207 e. The molecule has 0 aliphatic heterocycles. The summed E-state index contributed by atoms with van der Waals surface area (Å²) in [6.45, 7) is 4.41. The van der Waals surface area contributed by atoms with Crippen molar-refractivity contribution in [1.82, 2.24) is 0 Å². The van der Waals surface area contributed by atoms with Crippen LogP contribution in [-0.2, 0) is 6.42 Å². The van der Waals surface area contributed by atoms with Gasteiger partial charge in [0, 0.05) is 4.47 Å². The van der Waals surface area contributed by atoms with Crippen LogP contribution in [0.3, 0.4) is 0 Å². The third kappa shape index (κ3) is 3.83. The van der Waals surface area contributed by atoms with Crippen LogP contribution in [0.15, 0.2) is 22.7 Å². The van der Waals surface area contributed by atoms with E-state index in [0.29, 0.717) is 0 Å². The van der Waals surface area contributed by atoms with Gasteiger partial charge in [-0.3, -0.25) is 0 Å². The van der Waals surface area contributed by atoms with E-state index in [1.165, 1.54) is 47.7 Å². The summed E-state index contributed by atoms with van der Waals surface area (Å²) in [5.41, 5.74) is 2.82. The van der Waals surface area contributed by atoms with Crippen molar-refractivity contribution in [1.29, 1.82) is 0 Å². The number of halogens is 1. The summed E-state index contributed by atoms with van der Waals surface area (Å²) in [4.78, 5) is 0. The van der Waals surface area contributed by atoms with Gasteiger partial charge < -0.3 is 0 Å². The zero-order valence-electron chi connectivity index (χ0n) is 9.15. The molecule has 78 valence electrons. The van der Waals surface area contributed by atoms with E-state index >= 15 is 0 Å². The molecule has 1 aromatic carbocycles. The van der Waals surface area contributed by atoms with Gasteiger partial charge >= 0.3 is 0 Å². The van der Waals surface area contributed by atoms with Crippen molar-refractivity contribution in [2.45, 2.75) is 46.0 Å². The first-order valence-electron chi connectivity index (χ1n) is 5.49. The lowest BCUT2D eigenvalue weighted by Gasteiger charge is -2.05. The molecular formula is C13H19Br. The Balaban J connectivity index is 2.45. The molecule has 1 heteroatoms. The molecule has 0 heterocycles. The van der Waals surface area contributed by atoms with Crippen molar-refractivity contribution >= 4 is 15.9 Å². The summed E-state index contributed by atoms with van der Waals surface area (Å²) in [7, 11) is 0. The van der Waals surface area contributed by atoms with Crippen molar-refractivity contribution < 1.29 is 0 Å². The van der Waals surface area contributed by atoms with Crippen LogP contribution in [0.2, 0.25) is 0 Å². The van der Waals surface area contributed by atoms with Gasteiger partial charge in [-0.15, -0.1) is 0 Å². The van der Waals surface area contributed by atoms with E-state index in [9.17, 15) is 0 Å². The van der Waals surface area contributed by atoms with E-state index in [4.69, 9.17) is 0 Å². The highest BCUT2D eigenvalue weighted by Gasteiger charge is 1.99. The van der Waals surface area contributed by atoms with Gasteiger partial charge in [0.1, 0.15) is 0 Å². The summed E-state index contributed by atoms with van der Waals surface area (Å²) < 4.78 is 1.26. The van der Waals surface area contributed by atoms with Crippen LogP contribution in [0.25, 0.3) is 0 Å². The van der Waals surface area contributed by atoms with Crippen molar-refractivity contribution in [3.05, 3.63) is 33.8 Å². The fourth-order valence-electron chi connectivity index (χ4n) is 1.64. The zero-order chi connectivity index (χ0) is 10.4. The number of benzene rings is 1. The predicted molar refractivity (Wildman–Crippen MR) is 66.7 cm³/mol. The molecule has 0 spiro atoms. The fourth-order valence-corrected chi connectivity index (χ4v) is 2.08. The molecule has 0 radical (unpaired) electrons. The zero-order valence-corrected chi connectivity index (χ0v) is 10.7.